The summed E-state index contributed by atoms with van der Waals surface area (Å²) >= 11 is 2.84. The zero-order chi connectivity index (χ0) is 18.7. The molecule has 2 aromatic carbocycles. The molecule has 1 aromatic heterocycles. The molecule has 6 nitrogen and oxygen atoms in total. The van der Waals surface area contributed by atoms with E-state index in [2.05, 4.69) is 10.3 Å². The molecule has 1 amide bonds. The van der Waals surface area contributed by atoms with Crippen LogP contribution >= 0.6 is 23.1 Å². The predicted octanol–water partition coefficient (Wildman–Crippen LogP) is 3.37. The normalized spacial score (nSPS) is 11.6. The van der Waals surface area contributed by atoms with Crippen LogP contribution in [0.25, 0.3) is 10.2 Å². The number of nitrogens with zero attached hydrogens (tertiary/aromatic N) is 1. The first kappa shape index (κ1) is 18.8. The Morgan fingerprint density at radius 1 is 1.23 bits per heavy atom. The molecule has 0 saturated carbocycles. The maximum absolute atomic E-state index is 12.1. The van der Waals surface area contributed by atoms with E-state index in [1.807, 2.05) is 31.2 Å². The Morgan fingerprint density at radius 2 is 1.96 bits per heavy atom. The lowest BCUT2D eigenvalue weighted by atomic mass is 10.2. The highest BCUT2D eigenvalue weighted by molar-refractivity contribution is 7.99. The number of amides is 1. The van der Waals surface area contributed by atoms with Crippen LogP contribution in [0.5, 0.6) is 0 Å². The van der Waals surface area contributed by atoms with Gasteiger partial charge in [-0.3, -0.25) is 4.79 Å². The van der Waals surface area contributed by atoms with Crippen molar-refractivity contribution >= 4 is 54.4 Å². The maximum Gasteiger partial charge on any atom is 0.238 e. The molecule has 0 aliphatic heterocycles. The van der Waals surface area contributed by atoms with Gasteiger partial charge in [0.1, 0.15) is 0 Å². The van der Waals surface area contributed by atoms with Crippen molar-refractivity contribution < 1.29 is 13.2 Å². The molecule has 0 atom stereocenters. The standard InChI is InChI=1S/C17H17N3O3S3/c1-11-2-4-12(5-3-11)24-9-8-16(21)20-17-19-14-7-6-13(26(18,22)23)10-15(14)25-17/h2-7,10H,8-9H2,1H3,(H2,18,22,23)(H,19,20,21). The number of fused-ring (bicyclic) bond motifs is 1. The Labute approximate surface area is 159 Å². The lowest BCUT2D eigenvalue weighted by Crippen LogP contribution is -2.11. The van der Waals surface area contributed by atoms with E-state index in [0.717, 1.165) is 4.90 Å². The first-order valence-electron chi connectivity index (χ1n) is 7.74. The van der Waals surface area contributed by atoms with Crippen LogP contribution in [0.15, 0.2) is 52.3 Å². The summed E-state index contributed by atoms with van der Waals surface area (Å²) in [5.74, 6) is 0.533. The fraction of sp³-hybridized carbons (Fsp3) is 0.176. The molecule has 26 heavy (non-hydrogen) atoms. The summed E-state index contributed by atoms with van der Waals surface area (Å²) in [5, 5.41) is 8.33. The molecule has 1 heterocycles. The van der Waals surface area contributed by atoms with Crippen LogP contribution in [0.3, 0.4) is 0 Å². The van der Waals surface area contributed by atoms with E-state index in [1.54, 1.807) is 17.8 Å². The number of carbonyl (C=O) groups is 1. The fourth-order valence-corrected chi connectivity index (χ4v) is 4.60. The zero-order valence-electron chi connectivity index (χ0n) is 13.9. The molecule has 0 bridgehead atoms. The Balaban J connectivity index is 1.59. The Kier molecular flexibility index (Phi) is 5.61. The number of anilines is 1. The first-order chi connectivity index (χ1) is 12.3. The van der Waals surface area contributed by atoms with Gasteiger partial charge < -0.3 is 5.32 Å². The highest BCUT2D eigenvalue weighted by Gasteiger charge is 2.12. The van der Waals surface area contributed by atoms with Crippen LogP contribution in [0.1, 0.15) is 12.0 Å². The van der Waals surface area contributed by atoms with E-state index in [-0.39, 0.29) is 10.8 Å². The largest absolute Gasteiger partial charge is 0.302 e. The van der Waals surface area contributed by atoms with Crippen molar-refractivity contribution in [2.24, 2.45) is 5.14 Å². The van der Waals surface area contributed by atoms with Gasteiger partial charge in [-0.25, -0.2) is 18.5 Å². The summed E-state index contributed by atoms with van der Waals surface area (Å²) in [4.78, 5) is 17.5. The number of sulfonamides is 1. The van der Waals surface area contributed by atoms with Gasteiger partial charge >= 0.3 is 0 Å². The topological polar surface area (TPSA) is 102 Å². The highest BCUT2D eigenvalue weighted by atomic mass is 32.2. The number of rotatable bonds is 6. The Hall–Kier alpha value is -1.94. The highest BCUT2D eigenvalue weighted by Crippen LogP contribution is 2.28. The molecular formula is C17H17N3O3S3. The third-order valence-corrected chi connectivity index (χ3v) is 6.41. The van der Waals surface area contributed by atoms with Gasteiger partial charge in [-0.2, -0.15) is 0 Å². The number of aromatic nitrogens is 1. The minimum absolute atomic E-state index is 0.0287. The number of thioether (sulfide) groups is 1. The summed E-state index contributed by atoms with van der Waals surface area (Å²) in [6, 6.07) is 12.6. The van der Waals surface area contributed by atoms with Crippen molar-refractivity contribution in [1.29, 1.82) is 0 Å². The summed E-state index contributed by atoms with van der Waals surface area (Å²) in [5.41, 5.74) is 1.82. The van der Waals surface area contributed by atoms with E-state index in [1.165, 1.54) is 29.0 Å². The number of aryl methyl sites for hydroxylation is 1. The Morgan fingerprint density at radius 3 is 2.65 bits per heavy atom. The number of carbonyl (C=O) groups excluding carboxylic acids is 1. The second-order valence-electron chi connectivity index (χ2n) is 5.65. The van der Waals surface area contributed by atoms with E-state index in [0.29, 0.717) is 27.5 Å². The van der Waals surface area contributed by atoms with Crippen molar-refractivity contribution in [2.75, 3.05) is 11.1 Å². The van der Waals surface area contributed by atoms with Crippen LogP contribution in [0, 0.1) is 6.92 Å². The number of hydrogen-bond donors (Lipinski definition) is 2. The minimum Gasteiger partial charge on any atom is -0.302 e. The molecule has 0 radical (unpaired) electrons. The molecule has 0 fully saturated rings. The molecule has 0 spiro atoms. The number of nitrogens with one attached hydrogen (secondary N) is 1. The predicted molar refractivity (Wildman–Crippen MR) is 106 cm³/mol. The van der Waals surface area contributed by atoms with Gasteiger partial charge in [-0.1, -0.05) is 29.0 Å². The number of benzene rings is 2. The van der Waals surface area contributed by atoms with Crippen LogP contribution in [-0.4, -0.2) is 25.1 Å². The van der Waals surface area contributed by atoms with Crippen molar-refractivity contribution in [3.05, 3.63) is 48.0 Å². The first-order valence-corrected chi connectivity index (χ1v) is 11.1. The van der Waals surface area contributed by atoms with Crippen molar-refractivity contribution in [3.8, 4) is 0 Å². The third kappa shape index (κ3) is 4.82. The van der Waals surface area contributed by atoms with Gasteiger partial charge in [0.2, 0.25) is 15.9 Å². The van der Waals surface area contributed by atoms with Crippen molar-refractivity contribution in [2.45, 2.75) is 23.1 Å². The SMILES string of the molecule is Cc1ccc(SCCC(=O)Nc2nc3ccc(S(N)(=O)=O)cc3s2)cc1. The molecule has 3 N–H and O–H groups in total. The lowest BCUT2D eigenvalue weighted by Gasteiger charge is -2.02. The van der Waals surface area contributed by atoms with Crippen molar-refractivity contribution in [3.63, 3.8) is 0 Å². The second kappa shape index (κ2) is 7.75. The fourth-order valence-electron chi connectivity index (χ4n) is 2.21. The smallest absolute Gasteiger partial charge is 0.238 e. The monoisotopic (exact) mass is 407 g/mol. The summed E-state index contributed by atoms with van der Waals surface area (Å²) < 4.78 is 23.5. The van der Waals surface area contributed by atoms with Gasteiger partial charge in [0.25, 0.3) is 0 Å². The summed E-state index contributed by atoms with van der Waals surface area (Å²) in [7, 11) is -3.76. The molecular weight excluding hydrogens is 390 g/mol. The molecule has 3 aromatic rings. The number of nitrogens with two attached hydrogens (primary N) is 1. The molecule has 0 aliphatic rings. The van der Waals surface area contributed by atoms with Crippen molar-refractivity contribution in [1.82, 2.24) is 4.98 Å². The molecule has 3 rings (SSSR count). The van der Waals surface area contributed by atoms with Crippen LogP contribution in [-0.2, 0) is 14.8 Å². The van der Waals surface area contributed by atoms with Gasteiger partial charge in [0, 0.05) is 17.1 Å². The van der Waals surface area contributed by atoms with Gasteiger partial charge in [0.05, 0.1) is 15.1 Å². The van der Waals surface area contributed by atoms with Gasteiger partial charge in [-0.05, 0) is 37.3 Å². The molecule has 9 heteroatoms. The van der Waals surface area contributed by atoms with Crippen LogP contribution in [0.2, 0.25) is 0 Å². The Bertz CT molecular complexity index is 1040. The number of hydrogen-bond acceptors (Lipinski definition) is 6. The van der Waals surface area contributed by atoms with Gasteiger partial charge in [0.15, 0.2) is 5.13 Å². The quantitative estimate of drug-likeness (QED) is 0.610. The van der Waals surface area contributed by atoms with E-state index in [9.17, 15) is 13.2 Å². The number of primary sulfonamides is 1. The molecule has 0 aliphatic carbocycles. The average molecular weight is 408 g/mol. The zero-order valence-corrected chi connectivity index (χ0v) is 16.4. The minimum atomic E-state index is -3.76. The molecule has 136 valence electrons. The van der Waals surface area contributed by atoms with Gasteiger partial charge in [-0.15, -0.1) is 11.8 Å². The maximum atomic E-state index is 12.1. The lowest BCUT2D eigenvalue weighted by molar-refractivity contribution is -0.115. The average Bonchev–Trinajstić information content (AvgIpc) is 2.97. The van der Waals surface area contributed by atoms with E-state index in [4.69, 9.17) is 5.14 Å². The third-order valence-electron chi connectivity index (χ3n) is 3.55. The van der Waals surface area contributed by atoms with Crippen LogP contribution < -0.4 is 10.5 Å². The summed E-state index contributed by atoms with van der Waals surface area (Å²) in [6.45, 7) is 2.03. The number of thiazole rings is 1. The summed E-state index contributed by atoms with van der Waals surface area (Å²) in [6.07, 6.45) is 0.358. The van der Waals surface area contributed by atoms with Crippen LogP contribution in [0.4, 0.5) is 5.13 Å². The second-order valence-corrected chi connectivity index (χ2v) is 9.41. The van der Waals surface area contributed by atoms with E-state index >= 15 is 0 Å². The molecule has 0 saturated heterocycles. The molecule has 0 unspecified atom stereocenters. The van der Waals surface area contributed by atoms with E-state index < -0.39 is 10.0 Å².